The number of hydrogen-bond donors (Lipinski definition) is 2. The van der Waals surface area contributed by atoms with E-state index in [1.807, 2.05) is 30.3 Å². The van der Waals surface area contributed by atoms with Crippen molar-refractivity contribution in [1.29, 1.82) is 0 Å². The van der Waals surface area contributed by atoms with Gasteiger partial charge in [0.1, 0.15) is 17.2 Å². The fourth-order valence-corrected chi connectivity index (χ4v) is 2.22. The second-order valence-electron chi connectivity index (χ2n) is 4.73. The molecule has 0 bridgehead atoms. The predicted molar refractivity (Wildman–Crippen MR) is 90.5 cm³/mol. The third-order valence-electron chi connectivity index (χ3n) is 3.18. The molecule has 0 atom stereocenters. The van der Waals surface area contributed by atoms with Gasteiger partial charge < -0.3 is 10.6 Å². The molecule has 0 saturated carbocycles. The van der Waals surface area contributed by atoms with Crippen LogP contribution in [0.1, 0.15) is 10.4 Å². The smallest absolute Gasteiger partial charge is 0.262 e. The Morgan fingerprint density at radius 1 is 1.12 bits per heavy atom. The lowest BCUT2D eigenvalue weighted by Gasteiger charge is -2.08. The Morgan fingerprint density at radius 3 is 2.58 bits per heavy atom. The SMILES string of the molecule is O=CNc1c(C(=O)Nc2ccc(Cl)cn2)cnn1-c1ccccc1. The second-order valence-corrected chi connectivity index (χ2v) is 5.17. The van der Waals surface area contributed by atoms with Gasteiger partial charge in [0.15, 0.2) is 0 Å². The van der Waals surface area contributed by atoms with Crippen LogP contribution < -0.4 is 10.6 Å². The molecule has 3 rings (SSSR count). The Hall–Kier alpha value is -3.19. The molecule has 24 heavy (non-hydrogen) atoms. The zero-order chi connectivity index (χ0) is 16.9. The molecule has 0 fully saturated rings. The number of nitrogens with one attached hydrogen (secondary N) is 2. The average Bonchev–Trinajstić information content (AvgIpc) is 3.02. The molecular formula is C16H12ClN5O2. The summed E-state index contributed by atoms with van der Waals surface area (Å²) in [6, 6.07) is 12.3. The molecular weight excluding hydrogens is 330 g/mol. The molecule has 3 aromatic rings. The minimum atomic E-state index is -0.448. The third kappa shape index (κ3) is 3.26. The lowest BCUT2D eigenvalue weighted by molar-refractivity contribution is -0.105. The molecule has 0 aliphatic carbocycles. The van der Waals surface area contributed by atoms with Gasteiger partial charge in [-0.25, -0.2) is 9.67 Å². The van der Waals surface area contributed by atoms with E-state index in [2.05, 4.69) is 20.7 Å². The molecule has 2 amide bonds. The van der Waals surface area contributed by atoms with E-state index in [9.17, 15) is 9.59 Å². The van der Waals surface area contributed by atoms with Crippen molar-refractivity contribution in [2.45, 2.75) is 0 Å². The van der Waals surface area contributed by atoms with Crippen molar-refractivity contribution >= 4 is 35.6 Å². The monoisotopic (exact) mass is 341 g/mol. The molecule has 7 nitrogen and oxygen atoms in total. The maximum absolute atomic E-state index is 12.4. The van der Waals surface area contributed by atoms with Crippen molar-refractivity contribution in [3.8, 4) is 5.69 Å². The third-order valence-corrected chi connectivity index (χ3v) is 3.40. The minimum Gasteiger partial charge on any atom is -0.313 e. The molecule has 2 heterocycles. The number of halogens is 1. The Bertz CT molecular complexity index is 862. The highest BCUT2D eigenvalue weighted by Crippen LogP contribution is 2.21. The van der Waals surface area contributed by atoms with Crippen LogP contribution in [0.25, 0.3) is 5.69 Å². The van der Waals surface area contributed by atoms with Gasteiger partial charge in [-0.05, 0) is 24.3 Å². The van der Waals surface area contributed by atoms with Crippen molar-refractivity contribution in [2.24, 2.45) is 0 Å². The van der Waals surface area contributed by atoms with Crippen LogP contribution in [0.5, 0.6) is 0 Å². The summed E-state index contributed by atoms with van der Waals surface area (Å²) in [4.78, 5) is 27.4. The highest BCUT2D eigenvalue weighted by atomic mass is 35.5. The molecule has 0 spiro atoms. The predicted octanol–water partition coefficient (Wildman–Crippen LogP) is 2.74. The number of anilines is 2. The maximum Gasteiger partial charge on any atom is 0.262 e. The normalized spacial score (nSPS) is 10.2. The second kappa shape index (κ2) is 6.93. The van der Waals surface area contributed by atoms with Crippen molar-refractivity contribution in [2.75, 3.05) is 10.6 Å². The topological polar surface area (TPSA) is 88.9 Å². The maximum atomic E-state index is 12.4. The van der Waals surface area contributed by atoms with Crippen LogP contribution >= 0.6 is 11.6 Å². The molecule has 0 unspecified atom stereocenters. The first kappa shape index (κ1) is 15.7. The number of aromatic nitrogens is 3. The van der Waals surface area contributed by atoms with Crippen LogP contribution in [0, 0.1) is 0 Å². The Morgan fingerprint density at radius 2 is 1.92 bits per heavy atom. The molecule has 0 aliphatic rings. The largest absolute Gasteiger partial charge is 0.313 e. The number of carbonyl (C=O) groups is 2. The first-order chi connectivity index (χ1) is 11.7. The van der Waals surface area contributed by atoms with Crippen LogP contribution in [0.15, 0.2) is 54.9 Å². The van der Waals surface area contributed by atoms with Gasteiger partial charge in [-0.15, -0.1) is 0 Å². The lowest BCUT2D eigenvalue weighted by Crippen LogP contribution is -2.15. The average molecular weight is 342 g/mol. The fourth-order valence-electron chi connectivity index (χ4n) is 2.11. The van der Waals surface area contributed by atoms with Crippen LogP contribution in [0.2, 0.25) is 5.02 Å². The molecule has 0 saturated heterocycles. The van der Waals surface area contributed by atoms with Crippen LogP contribution in [-0.4, -0.2) is 27.1 Å². The van der Waals surface area contributed by atoms with E-state index in [-0.39, 0.29) is 11.4 Å². The van der Waals surface area contributed by atoms with E-state index in [0.717, 1.165) is 0 Å². The van der Waals surface area contributed by atoms with Gasteiger partial charge in [-0.2, -0.15) is 5.10 Å². The van der Waals surface area contributed by atoms with Crippen molar-refractivity contribution in [3.63, 3.8) is 0 Å². The quantitative estimate of drug-likeness (QED) is 0.698. The highest BCUT2D eigenvalue weighted by Gasteiger charge is 2.18. The summed E-state index contributed by atoms with van der Waals surface area (Å²) in [6.07, 6.45) is 3.30. The summed E-state index contributed by atoms with van der Waals surface area (Å²) >= 11 is 5.77. The van der Waals surface area contributed by atoms with Crippen LogP contribution in [0.4, 0.5) is 11.6 Å². The Kier molecular flexibility index (Phi) is 4.53. The van der Waals surface area contributed by atoms with E-state index in [4.69, 9.17) is 11.6 Å². The number of rotatable bonds is 5. The van der Waals surface area contributed by atoms with Gasteiger partial charge in [-0.1, -0.05) is 29.8 Å². The van der Waals surface area contributed by atoms with Crippen molar-refractivity contribution in [3.05, 3.63) is 65.4 Å². The summed E-state index contributed by atoms with van der Waals surface area (Å²) < 4.78 is 1.47. The van der Waals surface area contributed by atoms with E-state index < -0.39 is 5.91 Å². The molecule has 2 aromatic heterocycles. The summed E-state index contributed by atoms with van der Waals surface area (Å²) in [5, 5.41) is 9.79. The number of pyridine rings is 1. The van der Waals surface area contributed by atoms with Crippen molar-refractivity contribution < 1.29 is 9.59 Å². The fraction of sp³-hybridized carbons (Fsp3) is 0. The number of amides is 2. The first-order valence-electron chi connectivity index (χ1n) is 6.95. The van der Waals surface area contributed by atoms with Crippen LogP contribution in [0.3, 0.4) is 0 Å². The number of benzene rings is 1. The highest BCUT2D eigenvalue weighted by molar-refractivity contribution is 6.30. The molecule has 120 valence electrons. The minimum absolute atomic E-state index is 0.211. The standard InChI is InChI=1S/C16H12ClN5O2/c17-11-6-7-14(18-8-11)21-16(24)13-9-20-22(15(13)19-10-23)12-4-2-1-3-5-12/h1-10H,(H,19,23)(H,18,21,24). The van der Waals surface area contributed by atoms with Crippen molar-refractivity contribution in [1.82, 2.24) is 14.8 Å². The van der Waals surface area contributed by atoms with Gasteiger partial charge in [0, 0.05) is 6.20 Å². The Balaban J connectivity index is 1.92. The van der Waals surface area contributed by atoms with E-state index in [0.29, 0.717) is 22.9 Å². The van der Waals surface area contributed by atoms with Crippen LogP contribution in [-0.2, 0) is 4.79 Å². The molecule has 1 aromatic carbocycles. The number of nitrogens with zero attached hydrogens (tertiary/aromatic N) is 3. The van der Waals surface area contributed by atoms with E-state index in [1.54, 1.807) is 12.1 Å². The molecule has 0 radical (unpaired) electrons. The summed E-state index contributed by atoms with van der Waals surface area (Å²) in [5.41, 5.74) is 0.924. The van der Waals surface area contributed by atoms with E-state index >= 15 is 0 Å². The summed E-state index contributed by atoms with van der Waals surface area (Å²) in [7, 11) is 0. The summed E-state index contributed by atoms with van der Waals surface area (Å²) in [5.74, 6) is 0.160. The molecule has 8 heteroatoms. The number of carbonyl (C=O) groups excluding carboxylic acids is 2. The zero-order valence-corrected chi connectivity index (χ0v) is 13.1. The van der Waals surface area contributed by atoms with Gasteiger partial charge in [0.2, 0.25) is 6.41 Å². The lowest BCUT2D eigenvalue weighted by atomic mass is 10.3. The molecule has 0 aliphatic heterocycles. The van der Waals surface area contributed by atoms with Gasteiger partial charge in [0.05, 0.1) is 16.9 Å². The van der Waals surface area contributed by atoms with Gasteiger partial charge in [0.25, 0.3) is 5.91 Å². The van der Waals surface area contributed by atoms with E-state index in [1.165, 1.54) is 17.1 Å². The first-order valence-corrected chi connectivity index (χ1v) is 7.33. The van der Waals surface area contributed by atoms with Gasteiger partial charge >= 0.3 is 0 Å². The summed E-state index contributed by atoms with van der Waals surface area (Å²) in [6.45, 7) is 0. The number of hydrogen-bond acceptors (Lipinski definition) is 4. The van der Waals surface area contributed by atoms with Gasteiger partial charge in [-0.3, -0.25) is 9.59 Å². The molecule has 2 N–H and O–H groups in total. The zero-order valence-electron chi connectivity index (χ0n) is 12.3. The number of para-hydroxylation sites is 1. The Labute approximate surface area is 142 Å².